The van der Waals surface area contributed by atoms with E-state index in [1.807, 2.05) is 0 Å². The van der Waals surface area contributed by atoms with Crippen LogP contribution in [0.4, 0.5) is 5.69 Å². The maximum absolute atomic E-state index is 10.7. The molecule has 6 heteroatoms. The van der Waals surface area contributed by atoms with Crippen molar-refractivity contribution in [2.24, 2.45) is 5.11 Å². The first-order chi connectivity index (χ1) is 7.65. The predicted octanol–water partition coefficient (Wildman–Crippen LogP) is 1.63. The van der Waals surface area contributed by atoms with Crippen LogP contribution in [-0.4, -0.2) is 17.6 Å². The molecule has 0 bridgehead atoms. The molecule has 0 unspecified atom stereocenters. The number of aromatic carboxylic acids is 1. The molecule has 0 amide bonds. The Morgan fingerprint density at radius 2 is 2.38 bits per heavy atom. The van der Waals surface area contributed by atoms with Crippen LogP contribution in [0.25, 0.3) is 10.4 Å². The first-order valence-electron chi connectivity index (χ1n) is 4.27. The zero-order chi connectivity index (χ0) is 12.0. The van der Waals surface area contributed by atoms with Gasteiger partial charge in [-0.3, -0.25) is 0 Å². The van der Waals surface area contributed by atoms with E-state index in [0.29, 0.717) is 5.56 Å². The van der Waals surface area contributed by atoms with Gasteiger partial charge in [0.2, 0.25) is 0 Å². The van der Waals surface area contributed by atoms with Gasteiger partial charge in [-0.15, -0.1) is 0 Å². The Labute approximate surface area is 91.3 Å². The minimum atomic E-state index is -1.08. The molecule has 0 aliphatic heterocycles. The highest BCUT2D eigenvalue weighted by molar-refractivity contribution is 5.93. The maximum Gasteiger partial charge on any atom is 0.337 e. The lowest BCUT2D eigenvalue weighted by atomic mass is 10.1. The van der Waals surface area contributed by atoms with Gasteiger partial charge >= 0.3 is 5.97 Å². The summed E-state index contributed by atoms with van der Waals surface area (Å²) in [5.41, 5.74) is 14.3. The zero-order valence-corrected chi connectivity index (χ0v) is 8.21. The van der Waals surface area contributed by atoms with Crippen LogP contribution in [0.2, 0.25) is 0 Å². The van der Waals surface area contributed by atoms with E-state index in [1.165, 1.54) is 12.1 Å². The second kappa shape index (κ2) is 5.29. The third-order valence-electron chi connectivity index (χ3n) is 1.73. The predicted molar refractivity (Wildman–Crippen MR) is 58.7 cm³/mol. The van der Waals surface area contributed by atoms with Crippen molar-refractivity contribution < 1.29 is 9.90 Å². The van der Waals surface area contributed by atoms with E-state index in [2.05, 4.69) is 21.9 Å². The molecule has 0 spiro atoms. The van der Waals surface area contributed by atoms with E-state index in [9.17, 15) is 4.79 Å². The standard InChI is InChI=1S/C10H8N4O2/c11-9-6-7(2-1-5-13-14-12)3-4-8(9)10(15)16/h3-4,6H,5,11H2,(H,15,16). The Bertz CT molecular complexity index is 521. The van der Waals surface area contributed by atoms with E-state index in [1.54, 1.807) is 6.07 Å². The minimum absolute atomic E-state index is 0.0422. The summed E-state index contributed by atoms with van der Waals surface area (Å²) in [4.78, 5) is 13.2. The SMILES string of the molecule is [N-]=[N+]=NCC#Cc1ccc(C(=O)O)c(N)c1. The molecule has 1 aromatic rings. The second-order valence-electron chi connectivity index (χ2n) is 2.80. The van der Waals surface area contributed by atoms with Gasteiger partial charge in [-0.25, -0.2) is 4.79 Å². The molecule has 0 fully saturated rings. The lowest BCUT2D eigenvalue weighted by molar-refractivity contribution is 0.0698. The molecule has 3 N–H and O–H groups in total. The van der Waals surface area contributed by atoms with Gasteiger partial charge in [-0.2, -0.15) is 0 Å². The Morgan fingerprint density at radius 3 is 2.94 bits per heavy atom. The molecule has 1 aromatic carbocycles. The number of hydrogen-bond acceptors (Lipinski definition) is 3. The van der Waals surface area contributed by atoms with E-state index < -0.39 is 5.97 Å². The number of carboxylic acid groups (broad SMARTS) is 1. The fraction of sp³-hybridized carbons (Fsp3) is 0.100. The first kappa shape index (κ1) is 11.4. The van der Waals surface area contributed by atoms with Crippen molar-refractivity contribution in [1.82, 2.24) is 0 Å². The maximum atomic E-state index is 10.7. The number of hydrogen-bond donors (Lipinski definition) is 2. The molecule has 80 valence electrons. The third-order valence-corrected chi connectivity index (χ3v) is 1.73. The van der Waals surface area contributed by atoms with Gasteiger partial charge < -0.3 is 10.8 Å². The van der Waals surface area contributed by atoms with Gasteiger partial charge in [0.1, 0.15) is 0 Å². The molecular formula is C10H8N4O2. The summed E-state index contributed by atoms with van der Waals surface area (Å²) >= 11 is 0. The van der Waals surface area contributed by atoms with Crippen LogP contribution >= 0.6 is 0 Å². The molecule has 6 nitrogen and oxygen atoms in total. The quantitative estimate of drug-likeness (QED) is 0.257. The lowest BCUT2D eigenvalue weighted by Crippen LogP contribution is -2.02. The smallest absolute Gasteiger partial charge is 0.337 e. The van der Waals surface area contributed by atoms with Crippen LogP contribution in [0, 0.1) is 11.8 Å². The normalized spacial score (nSPS) is 8.50. The van der Waals surface area contributed by atoms with Gasteiger partial charge in [0, 0.05) is 16.2 Å². The van der Waals surface area contributed by atoms with E-state index >= 15 is 0 Å². The van der Waals surface area contributed by atoms with Crippen LogP contribution in [0.1, 0.15) is 15.9 Å². The Balaban J connectivity index is 2.92. The number of azide groups is 1. The van der Waals surface area contributed by atoms with E-state index in [0.717, 1.165) is 0 Å². The van der Waals surface area contributed by atoms with Crippen molar-refractivity contribution in [2.45, 2.75) is 0 Å². The topological polar surface area (TPSA) is 112 Å². The molecule has 0 saturated carbocycles. The number of nitrogens with two attached hydrogens (primary N) is 1. The van der Waals surface area contributed by atoms with Crippen molar-refractivity contribution in [3.63, 3.8) is 0 Å². The average Bonchev–Trinajstić information content (AvgIpc) is 2.24. The summed E-state index contributed by atoms with van der Waals surface area (Å²) < 4.78 is 0. The third kappa shape index (κ3) is 2.94. The molecule has 16 heavy (non-hydrogen) atoms. The molecular weight excluding hydrogens is 208 g/mol. The molecule has 0 radical (unpaired) electrons. The van der Waals surface area contributed by atoms with Gasteiger partial charge in [-0.1, -0.05) is 17.0 Å². The van der Waals surface area contributed by atoms with Crippen LogP contribution in [0.3, 0.4) is 0 Å². The highest BCUT2D eigenvalue weighted by Gasteiger charge is 2.06. The number of carboxylic acids is 1. The molecule has 1 rings (SSSR count). The molecule has 0 saturated heterocycles. The largest absolute Gasteiger partial charge is 0.478 e. The molecule has 0 aliphatic carbocycles. The average molecular weight is 216 g/mol. The number of nitrogen functional groups attached to an aromatic ring is 1. The number of benzene rings is 1. The van der Waals surface area contributed by atoms with Crippen molar-refractivity contribution >= 4 is 11.7 Å². The number of rotatable bonds is 2. The second-order valence-corrected chi connectivity index (χ2v) is 2.80. The zero-order valence-electron chi connectivity index (χ0n) is 8.21. The summed E-state index contributed by atoms with van der Waals surface area (Å²) in [6, 6.07) is 4.39. The monoisotopic (exact) mass is 216 g/mol. The van der Waals surface area contributed by atoms with Gasteiger partial charge in [-0.05, 0) is 23.7 Å². The number of nitrogens with zero attached hydrogens (tertiary/aromatic N) is 3. The van der Waals surface area contributed by atoms with E-state index in [-0.39, 0.29) is 17.8 Å². The van der Waals surface area contributed by atoms with Crippen molar-refractivity contribution in [2.75, 3.05) is 12.3 Å². The van der Waals surface area contributed by atoms with Gasteiger partial charge in [0.25, 0.3) is 0 Å². The highest BCUT2D eigenvalue weighted by atomic mass is 16.4. The highest BCUT2D eigenvalue weighted by Crippen LogP contribution is 2.13. The summed E-state index contributed by atoms with van der Waals surface area (Å²) in [7, 11) is 0. The van der Waals surface area contributed by atoms with Crippen molar-refractivity contribution in [1.29, 1.82) is 0 Å². The lowest BCUT2D eigenvalue weighted by Gasteiger charge is -1.99. The van der Waals surface area contributed by atoms with Gasteiger partial charge in [0.15, 0.2) is 0 Å². The van der Waals surface area contributed by atoms with Gasteiger partial charge in [0.05, 0.1) is 12.1 Å². The molecule has 0 aromatic heterocycles. The summed E-state index contributed by atoms with van der Waals surface area (Å²) in [5.74, 6) is 4.23. The summed E-state index contributed by atoms with van der Waals surface area (Å²) in [6.07, 6.45) is 0. The summed E-state index contributed by atoms with van der Waals surface area (Å²) in [6.45, 7) is 0.0666. The first-order valence-corrected chi connectivity index (χ1v) is 4.27. The van der Waals surface area contributed by atoms with Crippen LogP contribution < -0.4 is 5.73 Å². The van der Waals surface area contributed by atoms with Crippen molar-refractivity contribution in [3.8, 4) is 11.8 Å². The molecule has 0 aliphatic rings. The number of carbonyl (C=O) groups is 1. The van der Waals surface area contributed by atoms with Crippen LogP contribution in [0.5, 0.6) is 0 Å². The van der Waals surface area contributed by atoms with Crippen LogP contribution in [-0.2, 0) is 0 Å². The minimum Gasteiger partial charge on any atom is -0.478 e. The molecule has 0 atom stereocenters. The van der Waals surface area contributed by atoms with Crippen LogP contribution in [0.15, 0.2) is 23.3 Å². The Kier molecular flexibility index (Phi) is 3.78. The fourth-order valence-electron chi connectivity index (χ4n) is 1.04. The molecule has 0 heterocycles. The fourth-order valence-corrected chi connectivity index (χ4v) is 1.04. The Hall–Kier alpha value is -2.64. The summed E-state index contributed by atoms with van der Waals surface area (Å²) in [5, 5.41) is 12.0. The van der Waals surface area contributed by atoms with E-state index in [4.69, 9.17) is 16.4 Å². The Morgan fingerprint density at radius 1 is 1.62 bits per heavy atom. The van der Waals surface area contributed by atoms with Crippen molar-refractivity contribution in [3.05, 3.63) is 39.8 Å². The number of anilines is 1.